The first-order valence-electron chi connectivity index (χ1n) is 7.52. The quantitative estimate of drug-likeness (QED) is 0.806. The summed E-state index contributed by atoms with van der Waals surface area (Å²) in [6.45, 7) is 1.52. The Morgan fingerprint density at radius 2 is 1.76 bits per heavy atom. The van der Waals surface area contributed by atoms with Crippen molar-refractivity contribution >= 4 is 38.9 Å². The maximum absolute atomic E-state index is 12.4. The fraction of sp³-hybridized carbons (Fsp3) is 0.235. The van der Waals surface area contributed by atoms with Crippen molar-refractivity contribution in [2.45, 2.75) is 18.4 Å². The van der Waals surface area contributed by atoms with Crippen LogP contribution in [0, 0.1) is 0 Å². The fourth-order valence-electron chi connectivity index (χ4n) is 2.13. The molecular formula is C17H20ClN3O3S. The largest absolute Gasteiger partial charge is 0.378 e. The Balaban J connectivity index is 2.11. The van der Waals surface area contributed by atoms with E-state index >= 15 is 0 Å². The third kappa shape index (κ3) is 5.19. The highest BCUT2D eigenvalue weighted by molar-refractivity contribution is 7.89. The molecule has 8 heteroatoms. The Hall–Kier alpha value is -2.09. The topological polar surface area (TPSA) is 78.5 Å². The standard InChI is InChI=1S/C17H20ClN3O3S/c1-12(22)20-17-9-8-15(10-16(17)18)25(23,24)19-11-13-4-6-14(7-5-13)21(2)3/h4-10,19H,11H2,1-3H3,(H,20,22). The van der Waals surface area contributed by atoms with Gasteiger partial charge in [-0.15, -0.1) is 0 Å². The van der Waals surface area contributed by atoms with Crippen molar-refractivity contribution < 1.29 is 13.2 Å². The van der Waals surface area contributed by atoms with E-state index < -0.39 is 10.0 Å². The number of nitrogens with one attached hydrogen (secondary N) is 2. The van der Waals surface area contributed by atoms with Crippen LogP contribution in [0.3, 0.4) is 0 Å². The molecule has 0 radical (unpaired) electrons. The van der Waals surface area contributed by atoms with E-state index in [4.69, 9.17) is 11.6 Å². The number of halogens is 1. The molecule has 0 bridgehead atoms. The number of anilines is 2. The summed E-state index contributed by atoms with van der Waals surface area (Å²) in [7, 11) is 0.163. The maximum Gasteiger partial charge on any atom is 0.240 e. The van der Waals surface area contributed by atoms with Gasteiger partial charge >= 0.3 is 0 Å². The molecule has 0 spiro atoms. The zero-order valence-electron chi connectivity index (χ0n) is 14.2. The lowest BCUT2D eigenvalue weighted by Crippen LogP contribution is -2.23. The highest BCUT2D eigenvalue weighted by atomic mass is 35.5. The van der Waals surface area contributed by atoms with Crippen LogP contribution >= 0.6 is 11.6 Å². The van der Waals surface area contributed by atoms with Gasteiger partial charge in [-0.2, -0.15) is 0 Å². The normalized spacial score (nSPS) is 11.2. The lowest BCUT2D eigenvalue weighted by molar-refractivity contribution is -0.114. The van der Waals surface area contributed by atoms with Crippen LogP contribution in [0.25, 0.3) is 0 Å². The van der Waals surface area contributed by atoms with Crippen molar-refractivity contribution in [3.63, 3.8) is 0 Å². The molecule has 2 aromatic carbocycles. The second-order valence-electron chi connectivity index (χ2n) is 5.71. The van der Waals surface area contributed by atoms with E-state index in [1.165, 1.54) is 25.1 Å². The molecule has 0 atom stereocenters. The van der Waals surface area contributed by atoms with Crippen LogP contribution in [0.2, 0.25) is 5.02 Å². The minimum absolute atomic E-state index is 0.0384. The van der Waals surface area contributed by atoms with Crippen LogP contribution in [-0.2, 0) is 21.4 Å². The molecule has 0 aliphatic rings. The number of benzene rings is 2. The molecule has 25 heavy (non-hydrogen) atoms. The molecule has 0 saturated carbocycles. The van der Waals surface area contributed by atoms with Gasteiger partial charge < -0.3 is 10.2 Å². The SMILES string of the molecule is CC(=O)Nc1ccc(S(=O)(=O)NCc2ccc(N(C)C)cc2)cc1Cl. The molecule has 0 fully saturated rings. The number of sulfonamides is 1. The van der Waals surface area contributed by atoms with Crippen LogP contribution in [0.1, 0.15) is 12.5 Å². The molecular weight excluding hydrogens is 362 g/mol. The van der Waals surface area contributed by atoms with Gasteiger partial charge in [0.1, 0.15) is 0 Å². The minimum atomic E-state index is -3.71. The van der Waals surface area contributed by atoms with Gasteiger partial charge in [0.2, 0.25) is 15.9 Å². The number of rotatable bonds is 6. The smallest absolute Gasteiger partial charge is 0.240 e. The van der Waals surface area contributed by atoms with Crippen LogP contribution in [-0.4, -0.2) is 28.4 Å². The molecule has 2 aromatic rings. The molecule has 2 N–H and O–H groups in total. The van der Waals surface area contributed by atoms with Crippen molar-refractivity contribution in [1.82, 2.24) is 4.72 Å². The van der Waals surface area contributed by atoms with Gasteiger partial charge in [-0.1, -0.05) is 23.7 Å². The number of hydrogen-bond donors (Lipinski definition) is 2. The minimum Gasteiger partial charge on any atom is -0.378 e. The van der Waals surface area contributed by atoms with Crippen LogP contribution < -0.4 is 14.9 Å². The Morgan fingerprint density at radius 1 is 1.12 bits per heavy atom. The van der Waals surface area contributed by atoms with E-state index in [0.717, 1.165) is 11.3 Å². The van der Waals surface area contributed by atoms with Crippen molar-refractivity contribution in [2.75, 3.05) is 24.3 Å². The Morgan fingerprint density at radius 3 is 2.28 bits per heavy atom. The average Bonchev–Trinajstić information content (AvgIpc) is 2.55. The Labute approximate surface area is 152 Å². The zero-order valence-corrected chi connectivity index (χ0v) is 15.8. The first-order chi connectivity index (χ1) is 11.7. The van der Waals surface area contributed by atoms with Crippen molar-refractivity contribution in [3.05, 3.63) is 53.1 Å². The van der Waals surface area contributed by atoms with Crippen LogP contribution in [0.4, 0.5) is 11.4 Å². The summed E-state index contributed by atoms with van der Waals surface area (Å²) in [6, 6.07) is 11.7. The summed E-state index contributed by atoms with van der Waals surface area (Å²) in [6.07, 6.45) is 0. The molecule has 1 amide bonds. The summed E-state index contributed by atoms with van der Waals surface area (Å²) in [5.41, 5.74) is 2.24. The summed E-state index contributed by atoms with van der Waals surface area (Å²) in [5, 5.41) is 2.69. The van der Waals surface area contributed by atoms with Gasteiger partial charge in [0.25, 0.3) is 0 Å². The van der Waals surface area contributed by atoms with E-state index in [-0.39, 0.29) is 22.4 Å². The van der Waals surface area contributed by atoms with E-state index in [2.05, 4.69) is 10.0 Å². The summed E-state index contributed by atoms with van der Waals surface area (Å²) in [4.78, 5) is 13.1. The number of amides is 1. The highest BCUT2D eigenvalue weighted by Gasteiger charge is 2.16. The van der Waals surface area contributed by atoms with Gasteiger partial charge in [-0.05, 0) is 35.9 Å². The second kappa shape index (κ2) is 7.86. The van der Waals surface area contributed by atoms with E-state index in [1.807, 2.05) is 43.3 Å². The number of hydrogen-bond acceptors (Lipinski definition) is 4. The summed E-state index contributed by atoms with van der Waals surface area (Å²) >= 11 is 6.03. The third-order valence-electron chi connectivity index (χ3n) is 3.48. The van der Waals surface area contributed by atoms with Gasteiger partial charge in [0, 0.05) is 33.3 Å². The molecule has 0 saturated heterocycles. The highest BCUT2D eigenvalue weighted by Crippen LogP contribution is 2.25. The van der Waals surface area contributed by atoms with Crippen molar-refractivity contribution in [2.24, 2.45) is 0 Å². The fourth-order valence-corrected chi connectivity index (χ4v) is 3.46. The van der Waals surface area contributed by atoms with Crippen molar-refractivity contribution in [3.8, 4) is 0 Å². The monoisotopic (exact) mass is 381 g/mol. The van der Waals surface area contributed by atoms with Gasteiger partial charge in [-0.25, -0.2) is 13.1 Å². The van der Waals surface area contributed by atoms with Gasteiger partial charge in [-0.3, -0.25) is 4.79 Å². The molecule has 0 heterocycles. The molecule has 2 rings (SSSR count). The molecule has 0 aromatic heterocycles. The first-order valence-corrected chi connectivity index (χ1v) is 9.38. The summed E-state index contributed by atoms with van der Waals surface area (Å²) in [5.74, 6) is -0.281. The molecule has 134 valence electrons. The molecule has 6 nitrogen and oxygen atoms in total. The molecule has 0 aliphatic heterocycles. The molecule has 0 unspecified atom stereocenters. The third-order valence-corrected chi connectivity index (χ3v) is 5.19. The van der Waals surface area contributed by atoms with Crippen molar-refractivity contribution in [1.29, 1.82) is 0 Å². The first kappa shape index (κ1) is 19.2. The lowest BCUT2D eigenvalue weighted by atomic mass is 10.2. The average molecular weight is 382 g/mol. The number of carbonyl (C=O) groups excluding carboxylic acids is 1. The summed E-state index contributed by atoms with van der Waals surface area (Å²) < 4.78 is 27.3. The van der Waals surface area contributed by atoms with Gasteiger partial charge in [0.15, 0.2) is 0 Å². The Bertz CT molecular complexity index is 865. The van der Waals surface area contributed by atoms with Crippen LogP contribution in [0.15, 0.2) is 47.4 Å². The zero-order chi connectivity index (χ0) is 18.6. The maximum atomic E-state index is 12.4. The van der Waals surface area contributed by atoms with Gasteiger partial charge in [0.05, 0.1) is 15.6 Å². The predicted octanol–water partition coefficient (Wildman–Crippen LogP) is 2.84. The lowest BCUT2D eigenvalue weighted by Gasteiger charge is -2.13. The molecule has 0 aliphatic carbocycles. The number of carbonyl (C=O) groups is 1. The number of nitrogens with zero attached hydrogens (tertiary/aromatic N) is 1. The second-order valence-corrected chi connectivity index (χ2v) is 7.88. The van der Waals surface area contributed by atoms with E-state index in [1.54, 1.807) is 0 Å². The predicted molar refractivity (Wildman–Crippen MR) is 101 cm³/mol. The van der Waals surface area contributed by atoms with E-state index in [0.29, 0.717) is 5.69 Å². The Kier molecular flexibility index (Phi) is 6.05. The van der Waals surface area contributed by atoms with Crippen LogP contribution in [0.5, 0.6) is 0 Å². The van der Waals surface area contributed by atoms with E-state index in [9.17, 15) is 13.2 Å².